The molecule has 38 heavy (non-hydrogen) atoms. The van der Waals surface area contributed by atoms with E-state index in [1.165, 1.54) is 26.0 Å². The third-order valence-corrected chi connectivity index (χ3v) is 6.29. The van der Waals surface area contributed by atoms with Crippen LogP contribution in [0.2, 0.25) is 0 Å². The number of benzene rings is 2. The minimum atomic E-state index is -5.08. The third-order valence-electron chi connectivity index (χ3n) is 6.29. The van der Waals surface area contributed by atoms with Crippen LogP contribution in [0.4, 0.5) is 28.9 Å². The molecule has 0 radical (unpaired) electrons. The van der Waals surface area contributed by atoms with Crippen molar-refractivity contribution in [2.24, 2.45) is 5.92 Å². The number of nitrogens with one attached hydrogen (secondary N) is 2. The smallest absolute Gasteiger partial charge is 0.490 e. The maximum absolute atomic E-state index is 14.0. The Balaban J connectivity index is 0.000000505. The van der Waals surface area contributed by atoms with Gasteiger partial charge in [0, 0.05) is 50.6 Å². The molecule has 0 atom stereocenters. The van der Waals surface area contributed by atoms with Gasteiger partial charge in [0.2, 0.25) is 0 Å². The Morgan fingerprint density at radius 1 is 1.08 bits per heavy atom. The second-order valence-electron chi connectivity index (χ2n) is 9.30. The number of carbonyl (C=O) groups is 2. The summed E-state index contributed by atoms with van der Waals surface area (Å²) in [5, 5.41) is 13.5. The van der Waals surface area contributed by atoms with Crippen molar-refractivity contribution in [1.82, 2.24) is 10.2 Å². The van der Waals surface area contributed by atoms with Gasteiger partial charge >= 0.3 is 12.1 Å². The molecule has 1 aliphatic heterocycles. The number of alkyl halides is 3. The molecule has 1 amide bonds. The first kappa shape index (κ1) is 29.0. The number of carboxylic acid groups (broad SMARTS) is 1. The Hall–Kier alpha value is -3.54. The lowest BCUT2D eigenvalue weighted by molar-refractivity contribution is -0.192. The zero-order valence-corrected chi connectivity index (χ0v) is 21.3. The van der Waals surface area contributed by atoms with Gasteiger partial charge in [0.15, 0.2) is 11.6 Å². The summed E-state index contributed by atoms with van der Waals surface area (Å²) in [6.45, 7) is 4.95. The number of carbonyl (C=O) groups excluding carboxylic acids is 1. The lowest BCUT2D eigenvalue weighted by atomic mass is 10.1. The Bertz CT molecular complexity index is 1120. The third kappa shape index (κ3) is 8.51. The molecular weight excluding hydrogens is 508 g/mol. The largest absolute Gasteiger partial charge is 0.494 e. The molecule has 12 heteroatoms. The molecular formula is C26H32F4N4O4. The van der Waals surface area contributed by atoms with Crippen LogP contribution in [0, 0.1) is 11.7 Å². The number of halogens is 4. The van der Waals surface area contributed by atoms with E-state index in [2.05, 4.69) is 27.5 Å². The van der Waals surface area contributed by atoms with Gasteiger partial charge in [-0.3, -0.25) is 4.79 Å². The zero-order chi connectivity index (χ0) is 27.9. The van der Waals surface area contributed by atoms with E-state index in [9.17, 15) is 22.4 Å². The van der Waals surface area contributed by atoms with Crippen LogP contribution in [-0.4, -0.2) is 74.9 Å². The van der Waals surface area contributed by atoms with Gasteiger partial charge in [0.1, 0.15) is 0 Å². The number of likely N-dealkylation sites (N-methyl/N-ethyl adjacent to an activating group) is 1. The molecule has 2 fully saturated rings. The number of amides is 1. The van der Waals surface area contributed by atoms with E-state index < -0.39 is 12.1 Å². The number of piperazine rings is 1. The summed E-state index contributed by atoms with van der Waals surface area (Å²) in [5.41, 5.74) is 3.31. The zero-order valence-electron chi connectivity index (χ0n) is 21.3. The Morgan fingerprint density at radius 3 is 2.29 bits per heavy atom. The molecule has 1 saturated heterocycles. The highest BCUT2D eigenvalue weighted by Crippen LogP contribution is 2.29. The summed E-state index contributed by atoms with van der Waals surface area (Å²) < 4.78 is 50.7. The molecule has 1 aliphatic carbocycles. The summed E-state index contributed by atoms with van der Waals surface area (Å²) in [4.78, 5) is 26.5. The normalized spacial score (nSPS) is 15.8. The van der Waals surface area contributed by atoms with Crippen LogP contribution in [0.5, 0.6) is 5.75 Å². The predicted molar refractivity (Wildman–Crippen MR) is 135 cm³/mol. The van der Waals surface area contributed by atoms with Crippen molar-refractivity contribution >= 4 is 23.3 Å². The van der Waals surface area contributed by atoms with Gasteiger partial charge in [-0.25, -0.2) is 9.18 Å². The van der Waals surface area contributed by atoms with Crippen LogP contribution in [0.3, 0.4) is 0 Å². The summed E-state index contributed by atoms with van der Waals surface area (Å²) in [6, 6.07) is 10.8. The van der Waals surface area contributed by atoms with Crippen LogP contribution < -0.4 is 20.3 Å². The predicted octanol–water partition coefficient (Wildman–Crippen LogP) is 3.97. The van der Waals surface area contributed by atoms with Crippen molar-refractivity contribution in [1.29, 1.82) is 0 Å². The standard InChI is InChI=1S/C24H31FN4O2.C2HF3O2/c1-28-9-11-29(12-10-28)22-7-6-19(14-20(22)24(30)27-15-17-3-4-17)26-16-18-5-8-23(31-2)21(25)13-18;3-2(4,5)1(6)7/h5-8,13-14,17,26H,3-4,9-12,15-16H2,1-2H3,(H,27,30);(H,6,7). The number of rotatable bonds is 8. The highest BCUT2D eigenvalue weighted by atomic mass is 19.4. The molecule has 8 nitrogen and oxygen atoms in total. The number of carboxylic acids is 1. The summed E-state index contributed by atoms with van der Waals surface area (Å²) in [6.07, 6.45) is -2.68. The molecule has 2 aromatic rings. The Morgan fingerprint density at radius 2 is 1.74 bits per heavy atom. The van der Waals surface area contributed by atoms with Gasteiger partial charge < -0.3 is 30.3 Å². The molecule has 1 heterocycles. The van der Waals surface area contributed by atoms with E-state index in [-0.39, 0.29) is 17.5 Å². The van der Waals surface area contributed by atoms with Gasteiger partial charge in [0.25, 0.3) is 5.91 Å². The molecule has 1 saturated carbocycles. The molecule has 4 rings (SSSR count). The number of hydrogen-bond acceptors (Lipinski definition) is 6. The Labute approximate surface area is 218 Å². The number of anilines is 2. The number of nitrogens with zero attached hydrogens (tertiary/aromatic N) is 2. The fourth-order valence-electron chi connectivity index (χ4n) is 3.83. The second-order valence-corrected chi connectivity index (χ2v) is 9.30. The number of ether oxygens (including phenoxy) is 1. The van der Waals surface area contributed by atoms with Crippen molar-refractivity contribution in [3.63, 3.8) is 0 Å². The highest BCUT2D eigenvalue weighted by Gasteiger charge is 2.38. The molecule has 0 bridgehead atoms. The highest BCUT2D eigenvalue weighted by molar-refractivity contribution is 6.01. The first-order chi connectivity index (χ1) is 18.0. The summed E-state index contributed by atoms with van der Waals surface area (Å²) >= 11 is 0. The van der Waals surface area contributed by atoms with E-state index in [1.54, 1.807) is 6.07 Å². The van der Waals surface area contributed by atoms with Crippen molar-refractivity contribution in [3.8, 4) is 5.75 Å². The van der Waals surface area contributed by atoms with E-state index in [0.29, 0.717) is 18.0 Å². The molecule has 0 unspecified atom stereocenters. The topological polar surface area (TPSA) is 94.1 Å². The van der Waals surface area contributed by atoms with Gasteiger partial charge in [-0.15, -0.1) is 0 Å². The fourth-order valence-corrected chi connectivity index (χ4v) is 3.83. The first-order valence-electron chi connectivity index (χ1n) is 12.2. The summed E-state index contributed by atoms with van der Waals surface area (Å²) in [5.74, 6) is -2.31. The SMILES string of the molecule is COc1ccc(CNc2ccc(N3CCN(C)CC3)c(C(=O)NCC3CC3)c2)cc1F.O=C(O)C(F)(F)F. The average Bonchev–Trinajstić information content (AvgIpc) is 3.71. The quantitative estimate of drug-likeness (QED) is 0.437. The Kier molecular flexibility index (Phi) is 9.78. The minimum absolute atomic E-state index is 0.0278. The number of hydrogen-bond donors (Lipinski definition) is 3. The van der Waals surface area contributed by atoms with Crippen LogP contribution in [-0.2, 0) is 11.3 Å². The lowest BCUT2D eigenvalue weighted by Gasteiger charge is -2.35. The molecule has 2 aliphatic rings. The van der Waals surface area contributed by atoms with Crippen LogP contribution in [0.1, 0.15) is 28.8 Å². The van der Waals surface area contributed by atoms with Crippen molar-refractivity contribution in [2.45, 2.75) is 25.6 Å². The summed E-state index contributed by atoms with van der Waals surface area (Å²) in [7, 11) is 3.57. The van der Waals surface area contributed by atoms with Crippen LogP contribution >= 0.6 is 0 Å². The lowest BCUT2D eigenvalue weighted by Crippen LogP contribution is -2.45. The average molecular weight is 541 g/mol. The van der Waals surface area contributed by atoms with Gasteiger partial charge in [0.05, 0.1) is 12.7 Å². The maximum Gasteiger partial charge on any atom is 0.490 e. The van der Waals surface area contributed by atoms with Crippen molar-refractivity contribution in [2.75, 3.05) is 57.1 Å². The molecule has 0 aromatic heterocycles. The number of methoxy groups -OCH3 is 1. The fraction of sp³-hybridized carbons (Fsp3) is 0.462. The van der Waals surface area contributed by atoms with E-state index in [4.69, 9.17) is 14.6 Å². The van der Waals surface area contributed by atoms with Gasteiger partial charge in [-0.1, -0.05) is 6.07 Å². The maximum atomic E-state index is 14.0. The van der Waals surface area contributed by atoms with E-state index in [1.807, 2.05) is 24.3 Å². The molecule has 3 N–H and O–H groups in total. The number of aliphatic carboxylic acids is 1. The van der Waals surface area contributed by atoms with Gasteiger partial charge in [-0.05, 0) is 61.7 Å². The molecule has 208 valence electrons. The first-order valence-corrected chi connectivity index (χ1v) is 12.2. The second kappa shape index (κ2) is 12.8. The van der Waals surface area contributed by atoms with Crippen molar-refractivity contribution < 1.29 is 37.0 Å². The monoisotopic (exact) mass is 540 g/mol. The molecule has 2 aromatic carbocycles. The minimum Gasteiger partial charge on any atom is -0.494 e. The van der Waals surface area contributed by atoms with Crippen LogP contribution in [0.15, 0.2) is 36.4 Å². The van der Waals surface area contributed by atoms with Gasteiger partial charge in [-0.2, -0.15) is 13.2 Å². The van der Waals surface area contributed by atoms with E-state index >= 15 is 0 Å². The van der Waals surface area contributed by atoms with E-state index in [0.717, 1.165) is 49.7 Å². The van der Waals surface area contributed by atoms with Crippen LogP contribution in [0.25, 0.3) is 0 Å². The molecule has 0 spiro atoms. The van der Waals surface area contributed by atoms with Crippen molar-refractivity contribution in [3.05, 3.63) is 53.3 Å².